The molecule has 0 unspecified atom stereocenters. The Kier molecular flexibility index (Phi) is 3.47. The Morgan fingerprint density at radius 1 is 1.18 bits per heavy atom. The Morgan fingerprint density at radius 2 is 1.88 bits per heavy atom. The van der Waals surface area contributed by atoms with Gasteiger partial charge in [-0.3, -0.25) is 4.68 Å². The summed E-state index contributed by atoms with van der Waals surface area (Å²) >= 11 is 0. The van der Waals surface area contributed by atoms with Crippen LogP contribution in [0.5, 0.6) is 0 Å². The van der Waals surface area contributed by atoms with Gasteiger partial charge < -0.3 is 5.73 Å². The summed E-state index contributed by atoms with van der Waals surface area (Å²) in [4.78, 5) is 0. The largest absolute Gasteiger partial charge is 0.399 e. The number of aryl methyl sites for hydroxylation is 1. The monoisotopic (exact) mass is 229 g/mol. The van der Waals surface area contributed by atoms with E-state index in [1.807, 2.05) is 35.1 Å². The van der Waals surface area contributed by atoms with E-state index in [9.17, 15) is 0 Å². The van der Waals surface area contributed by atoms with E-state index in [1.165, 1.54) is 0 Å². The van der Waals surface area contributed by atoms with Crippen LogP contribution < -0.4 is 5.73 Å². The fourth-order valence-electron chi connectivity index (χ4n) is 1.70. The molecule has 0 aliphatic heterocycles. The van der Waals surface area contributed by atoms with Gasteiger partial charge in [-0.1, -0.05) is 26.0 Å². The molecule has 0 saturated heterocycles. The van der Waals surface area contributed by atoms with Crippen molar-refractivity contribution < 1.29 is 0 Å². The second kappa shape index (κ2) is 5.04. The Labute approximate surface area is 102 Å². The van der Waals surface area contributed by atoms with Crippen molar-refractivity contribution in [1.82, 2.24) is 9.78 Å². The van der Waals surface area contributed by atoms with E-state index in [1.54, 1.807) is 0 Å². The van der Waals surface area contributed by atoms with Gasteiger partial charge in [0.05, 0.1) is 6.20 Å². The van der Waals surface area contributed by atoms with Gasteiger partial charge in [0.25, 0.3) is 0 Å². The van der Waals surface area contributed by atoms with Crippen LogP contribution in [0.25, 0.3) is 11.1 Å². The molecular formula is C14H19N3. The minimum atomic E-state index is 0.708. The van der Waals surface area contributed by atoms with Gasteiger partial charge in [0.2, 0.25) is 0 Å². The summed E-state index contributed by atoms with van der Waals surface area (Å²) in [6, 6.07) is 7.89. The third kappa shape index (κ3) is 3.09. The van der Waals surface area contributed by atoms with Crippen molar-refractivity contribution in [2.24, 2.45) is 5.92 Å². The zero-order chi connectivity index (χ0) is 12.3. The second-order valence-corrected chi connectivity index (χ2v) is 4.80. The minimum Gasteiger partial charge on any atom is -0.399 e. The Balaban J connectivity index is 2.10. The molecule has 2 aromatic rings. The van der Waals surface area contributed by atoms with E-state index < -0.39 is 0 Å². The van der Waals surface area contributed by atoms with Crippen molar-refractivity contribution in [3.8, 4) is 11.1 Å². The molecule has 1 aromatic carbocycles. The number of nitrogens with two attached hydrogens (primary N) is 1. The van der Waals surface area contributed by atoms with Gasteiger partial charge >= 0.3 is 0 Å². The van der Waals surface area contributed by atoms with E-state index in [2.05, 4.69) is 25.1 Å². The summed E-state index contributed by atoms with van der Waals surface area (Å²) in [7, 11) is 0. The van der Waals surface area contributed by atoms with Crippen molar-refractivity contribution in [2.75, 3.05) is 5.73 Å². The first-order valence-electron chi connectivity index (χ1n) is 6.03. The number of nitrogen functional groups attached to an aromatic ring is 1. The van der Waals surface area contributed by atoms with Gasteiger partial charge in [-0.2, -0.15) is 5.10 Å². The summed E-state index contributed by atoms with van der Waals surface area (Å²) in [5.41, 5.74) is 8.77. The van der Waals surface area contributed by atoms with Crippen LogP contribution in [0.4, 0.5) is 5.69 Å². The molecule has 2 N–H and O–H groups in total. The molecule has 0 fully saturated rings. The molecule has 0 aliphatic rings. The van der Waals surface area contributed by atoms with Crippen LogP contribution in [-0.2, 0) is 6.54 Å². The first kappa shape index (κ1) is 11.7. The van der Waals surface area contributed by atoms with E-state index in [0.717, 1.165) is 29.8 Å². The molecule has 90 valence electrons. The SMILES string of the molecule is CC(C)CCn1cc(-c2ccc(N)cc2)cn1. The van der Waals surface area contributed by atoms with E-state index in [4.69, 9.17) is 5.73 Å². The summed E-state index contributed by atoms with van der Waals surface area (Å²) in [6.07, 6.45) is 5.16. The molecule has 0 bridgehead atoms. The molecule has 3 heteroatoms. The summed E-state index contributed by atoms with van der Waals surface area (Å²) < 4.78 is 2.01. The highest BCUT2D eigenvalue weighted by molar-refractivity contribution is 5.63. The van der Waals surface area contributed by atoms with Crippen LogP contribution in [0.15, 0.2) is 36.7 Å². The number of anilines is 1. The zero-order valence-corrected chi connectivity index (χ0v) is 10.4. The molecule has 0 saturated carbocycles. The lowest BCUT2D eigenvalue weighted by Crippen LogP contribution is -2.01. The quantitative estimate of drug-likeness (QED) is 0.818. The van der Waals surface area contributed by atoms with Gasteiger partial charge in [0.1, 0.15) is 0 Å². The van der Waals surface area contributed by atoms with Gasteiger partial charge in [0, 0.05) is 24.0 Å². The van der Waals surface area contributed by atoms with Crippen LogP contribution in [0, 0.1) is 5.92 Å². The van der Waals surface area contributed by atoms with E-state index in [-0.39, 0.29) is 0 Å². The molecule has 17 heavy (non-hydrogen) atoms. The summed E-state index contributed by atoms with van der Waals surface area (Å²) in [5.74, 6) is 0.708. The highest BCUT2D eigenvalue weighted by Gasteiger charge is 2.02. The normalized spacial score (nSPS) is 11.0. The zero-order valence-electron chi connectivity index (χ0n) is 10.4. The summed E-state index contributed by atoms with van der Waals surface area (Å²) in [6.45, 7) is 5.43. The topological polar surface area (TPSA) is 43.8 Å². The molecule has 2 rings (SSSR count). The lowest BCUT2D eigenvalue weighted by atomic mass is 10.1. The van der Waals surface area contributed by atoms with Crippen molar-refractivity contribution in [1.29, 1.82) is 0 Å². The van der Waals surface area contributed by atoms with Crippen LogP contribution in [-0.4, -0.2) is 9.78 Å². The Morgan fingerprint density at radius 3 is 2.53 bits per heavy atom. The molecule has 0 spiro atoms. The molecule has 0 aliphatic carbocycles. The number of nitrogens with zero attached hydrogens (tertiary/aromatic N) is 2. The first-order chi connectivity index (χ1) is 8.15. The lowest BCUT2D eigenvalue weighted by Gasteiger charge is -2.03. The molecule has 0 radical (unpaired) electrons. The number of aromatic nitrogens is 2. The van der Waals surface area contributed by atoms with Gasteiger partial charge in [0.15, 0.2) is 0 Å². The standard InChI is InChI=1S/C14H19N3/c1-11(2)7-8-17-10-13(9-16-17)12-3-5-14(15)6-4-12/h3-6,9-11H,7-8,15H2,1-2H3. The molecule has 0 amide bonds. The Bertz CT molecular complexity index is 468. The van der Waals surface area contributed by atoms with Crippen LogP contribution in [0.2, 0.25) is 0 Å². The fraction of sp³-hybridized carbons (Fsp3) is 0.357. The predicted octanol–water partition coefficient (Wildman–Crippen LogP) is 3.18. The second-order valence-electron chi connectivity index (χ2n) is 4.80. The van der Waals surface area contributed by atoms with E-state index in [0.29, 0.717) is 5.92 Å². The number of hydrogen-bond donors (Lipinski definition) is 1. The maximum absolute atomic E-state index is 5.67. The molecule has 1 heterocycles. The maximum Gasteiger partial charge on any atom is 0.0568 e. The van der Waals surface area contributed by atoms with Crippen molar-refractivity contribution in [3.63, 3.8) is 0 Å². The minimum absolute atomic E-state index is 0.708. The molecular weight excluding hydrogens is 210 g/mol. The third-order valence-corrected chi connectivity index (χ3v) is 2.81. The van der Waals surface area contributed by atoms with Crippen LogP contribution in [0.1, 0.15) is 20.3 Å². The number of benzene rings is 1. The van der Waals surface area contributed by atoms with Crippen molar-refractivity contribution in [2.45, 2.75) is 26.8 Å². The van der Waals surface area contributed by atoms with E-state index >= 15 is 0 Å². The average molecular weight is 229 g/mol. The van der Waals surface area contributed by atoms with Gasteiger partial charge in [-0.25, -0.2) is 0 Å². The van der Waals surface area contributed by atoms with Crippen LogP contribution >= 0.6 is 0 Å². The smallest absolute Gasteiger partial charge is 0.0568 e. The maximum atomic E-state index is 5.67. The fourth-order valence-corrected chi connectivity index (χ4v) is 1.70. The molecule has 3 nitrogen and oxygen atoms in total. The Hall–Kier alpha value is -1.77. The highest BCUT2D eigenvalue weighted by atomic mass is 15.3. The van der Waals surface area contributed by atoms with Gasteiger partial charge in [-0.05, 0) is 30.0 Å². The first-order valence-corrected chi connectivity index (χ1v) is 6.03. The van der Waals surface area contributed by atoms with Crippen LogP contribution in [0.3, 0.4) is 0 Å². The predicted molar refractivity (Wildman–Crippen MR) is 71.5 cm³/mol. The number of hydrogen-bond acceptors (Lipinski definition) is 2. The number of rotatable bonds is 4. The third-order valence-electron chi connectivity index (χ3n) is 2.81. The average Bonchev–Trinajstić information content (AvgIpc) is 2.76. The lowest BCUT2D eigenvalue weighted by molar-refractivity contribution is 0.487. The molecule has 0 atom stereocenters. The highest BCUT2D eigenvalue weighted by Crippen LogP contribution is 2.19. The van der Waals surface area contributed by atoms with Crippen molar-refractivity contribution >= 4 is 5.69 Å². The molecule has 1 aromatic heterocycles. The van der Waals surface area contributed by atoms with Gasteiger partial charge in [-0.15, -0.1) is 0 Å². The summed E-state index contributed by atoms with van der Waals surface area (Å²) in [5, 5.41) is 4.37. The van der Waals surface area contributed by atoms with Crippen molar-refractivity contribution in [3.05, 3.63) is 36.7 Å².